The van der Waals surface area contributed by atoms with Crippen molar-refractivity contribution in [1.29, 1.82) is 0 Å². The summed E-state index contributed by atoms with van der Waals surface area (Å²) in [5.74, 6) is -0.578. The topological polar surface area (TPSA) is 61.3 Å². The summed E-state index contributed by atoms with van der Waals surface area (Å²) in [6.07, 6.45) is 3.72. The predicted molar refractivity (Wildman–Crippen MR) is 132 cm³/mol. The fraction of sp³-hybridized carbons (Fsp3) is 0.321. The molecule has 5 rings (SSSR count). The fourth-order valence-electron chi connectivity index (χ4n) is 5.43. The van der Waals surface area contributed by atoms with E-state index in [1.807, 2.05) is 28.8 Å². The number of hydrogen-bond acceptors (Lipinski definition) is 3. The number of nitrogens with one attached hydrogen (secondary N) is 1. The lowest BCUT2D eigenvalue weighted by Crippen LogP contribution is -2.42. The number of hydroxylamine groups is 2. The van der Waals surface area contributed by atoms with Crippen molar-refractivity contribution in [3.63, 3.8) is 0 Å². The number of benzene rings is 3. The molecule has 4 aromatic rings. The molecule has 35 heavy (non-hydrogen) atoms. The number of para-hydroxylation sites is 2. The number of fused-ring (bicyclic) bond motifs is 1. The molecule has 2 N–H and O–H groups in total. The number of nitrogens with zero attached hydrogens (tertiary/aromatic N) is 2. The van der Waals surface area contributed by atoms with Crippen LogP contribution in [0.4, 0.5) is 8.78 Å². The standard InChI is InChI=1S/C28H29F2N3O2/c29-21-12-8-19(9-13-21)25(20-10-14-22(30)15-11-20)5-3-4-23-18-24(16-17-32(23)35)33-27-7-2-1-6-26(27)31-28(33)34/h1-2,6-15,23-25,35H,3-5,16-18H2,(H,31,34). The molecule has 1 saturated heterocycles. The fourth-order valence-corrected chi connectivity index (χ4v) is 5.43. The Morgan fingerprint density at radius 3 is 2.23 bits per heavy atom. The van der Waals surface area contributed by atoms with Crippen molar-refractivity contribution in [3.05, 3.63) is 106 Å². The van der Waals surface area contributed by atoms with Gasteiger partial charge in [0.15, 0.2) is 0 Å². The van der Waals surface area contributed by atoms with Crippen LogP contribution < -0.4 is 5.69 Å². The average Bonchev–Trinajstić information content (AvgIpc) is 3.20. The van der Waals surface area contributed by atoms with Crippen molar-refractivity contribution >= 4 is 11.0 Å². The summed E-state index contributed by atoms with van der Waals surface area (Å²) < 4.78 is 28.9. The molecule has 0 aliphatic carbocycles. The molecular formula is C28H29F2N3O2. The molecule has 1 aliphatic heterocycles. The third-order valence-electron chi connectivity index (χ3n) is 7.22. The molecule has 5 nitrogen and oxygen atoms in total. The monoisotopic (exact) mass is 477 g/mol. The van der Waals surface area contributed by atoms with E-state index in [4.69, 9.17) is 0 Å². The normalized spacial score (nSPS) is 19.0. The second-order valence-corrected chi connectivity index (χ2v) is 9.40. The molecule has 2 atom stereocenters. The molecule has 2 unspecified atom stereocenters. The minimum atomic E-state index is -0.289. The largest absolute Gasteiger partial charge is 0.326 e. The van der Waals surface area contributed by atoms with E-state index in [1.54, 1.807) is 24.3 Å². The first kappa shape index (κ1) is 23.5. The van der Waals surface area contributed by atoms with Crippen LogP contribution in [0.15, 0.2) is 77.6 Å². The van der Waals surface area contributed by atoms with Crippen LogP contribution in [0.1, 0.15) is 55.2 Å². The first-order valence-corrected chi connectivity index (χ1v) is 12.2. The number of rotatable bonds is 7. The molecule has 7 heteroatoms. The quantitative estimate of drug-likeness (QED) is 0.343. The lowest BCUT2D eigenvalue weighted by Gasteiger charge is -2.36. The minimum absolute atomic E-state index is 0.000956. The number of halogens is 2. The van der Waals surface area contributed by atoms with Gasteiger partial charge < -0.3 is 10.2 Å². The molecule has 182 valence electrons. The van der Waals surface area contributed by atoms with Gasteiger partial charge in [-0.15, -0.1) is 0 Å². The predicted octanol–water partition coefficient (Wildman–Crippen LogP) is 6.00. The van der Waals surface area contributed by atoms with E-state index in [1.165, 1.54) is 29.3 Å². The van der Waals surface area contributed by atoms with Crippen LogP contribution in [-0.4, -0.2) is 32.4 Å². The van der Waals surface area contributed by atoms with Gasteiger partial charge in [-0.2, -0.15) is 5.06 Å². The van der Waals surface area contributed by atoms with E-state index in [9.17, 15) is 18.8 Å². The minimum Gasteiger partial charge on any atom is -0.314 e. The molecule has 2 heterocycles. The van der Waals surface area contributed by atoms with Gasteiger partial charge in [-0.05, 0) is 73.2 Å². The van der Waals surface area contributed by atoms with Crippen LogP contribution in [0.2, 0.25) is 0 Å². The number of hydrogen-bond donors (Lipinski definition) is 2. The highest BCUT2D eigenvalue weighted by molar-refractivity contribution is 5.75. The molecule has 3 aromatic carbocycles. The smallest absolute Gasteiger partial charge is 0.314 e. The van der Waals surface area contributed by atoms with Crippen molar-refractivity contribution < 1.29 is 14.0 Å². The molecular weight excluding hydrogens is 448 g/mol. The summed E-state index contributed by atoms with van der Waals surface area (Å²) in [7, 11) is 0. The maximum absolute atomic E-state index is 13.5. The second-order valence-electron chi connectivity index (χ2n) is 9.40. The molecule has 1 fully saturated rings. The van der Waals surface area contributed by atoms with Gasteiger partial charge in [0.1, 0.15) is 11.6 Å². The maximum Gasteiger partial charge on any atom is 0.326 e. The first-order chi connectivity index (χ1) is 17.0. The average molecular weight is 478 g/mol. The van der Waals surface area contributed by atoms with Crippen molar-refractivity contribution in [2.24, 2.45) is 0 Å². The number of piperidine rings is 1. The van der Waals surface area contributed by atoms with Crippen LogP contribution in [-0.2, 0) is 0 Å². The van der Waals surface area contributed by atoms with E-state index >= 15 is 0 Å². The summed E-state index contributed by atoms with van der Waals surface area (Å²) in [5, 5.41) is 12.0. The van der Waals surface area contributed by atoms with Gasteiger partial charge in [-0.3, -0.25) is 4.57 Å². The summed E-state index contributed by atoms with van der Waals surface area (Å²) in [6, 6.07) is 20.5. The molecule has 0 saturated carbocycles. The highest BCUT2D eigenvalue weighted by Crippen LogP contribution is 2.34. The molecule has 1 aliphatic rings. The summed E-state index contributed by atoms with van der Waals surface area (Å²) in [6.45, 7) is 0.501. The first-order valence-electron chi connectivity index (χ1n) is 12.2. The van der Waals surface area contributed by atoms with Gasteiger partial charge in [-0.25, -0.2) is 13.6 Å². The maximum atomic E-state index is 13.5. The van der Waals surface area contributed by atoms with Crippen LogP contribution in [0, 0.1) is 11.6 Å². The van der Waals surface area contributed by atoms with Gasteiger partial charge in [0.25, 0.3) is 0 Å². The summed E-state index contributed by atoms with van der Waals surface area (Å²) in [4.78, 5) is 15.6. The van der Waals surface area contributed by atoms with Crippen LogP contribution in [0.3, 0.4) is 0 Å². The van der Waals surface area contributed by atoms with Crippen LogP contribution in [0.5, 0.6) is 0 Å². The Bertz CT molecular complexity index is 1290. The molecule has 0 radical (unpaired) electrons. The van der Waals surface area contributed by atoms with Gasteiger partial charge in [0.05, 0.1) is 11.0 Å². The molecule has 0 bridgehead atoms. The zero-order chi connectivity index (χ0) is 24.4. The Labute approximate surface area is 202 Å². The van der Waals surface area contributed by atoms with Crippen molar-refractivity contribution in [3.8, 4) is 0 Å². The highest BCUT2D eigenvalue weighted by atomic mass is 19.1. The van der Waals surface area contributed by atoms with Gasteiger partial charge in [0, 0.05) is 24.5 Å². The zero-order valence-electron chi connectivity index (χ0n) is 19.4. The number of aromatic amines is 1. The van der Waals surface area contributed by atoms with Gasteiger partial charge in [0.2, 0.25) is 0 Å². The third-order valence-corrected chi connectivity index (χ3v) is 7.22. The van der Waals surface area contributed by atoms with Gasteiger partial charge >= 0.3 is 5.69 Å². The van der Waals surface area contributed by atoms with E-state index in [0.717, 1.165) is 41.4 Å². The van der Waals surface area contributed by atoms with Crippen molar-refractivity contribution in [2.75, 3.05) is 6.54 Å². The summed E-state index contributed by atoms with van der Waals surface area (Å²) in [5.41, 5.74) is 3.55. The van der Waals surface area contributed by atoms with Crippen LogP contribution >= 0.6 is 0 Å². The Kier molecular flexibility index (Phi) is 6.79. The lowest BCUT2D eigenvalue weighted by molar-refractivity contribution is -0.151. The molecule has 0 spiro atoms. The summed E-state index contributed by atoms with van der Waals surface area (Å²) >= 11 is 0. The Morgan fingerprint density at radius 1 is 0.943 bits per heavy atom. The van der Waals surface area contributed by atoms with E-state index < -0.39 is 0 Å². The third kappa shape index (κ3) is 5.06. The number of imidazole rings is 1. The Balaban J connectivity index is 1.30. The SMILES string of the molecule is O=c1[nH]c2ccccc2n1C1CCN(O)C(CCCC(c2ccc(F)cc2)c2ccc(F)cc2)C1. The van der Waals surface area contributed by atoms with E-state index in [0.29, 0.717) is 19.4 Å². The molecule has 1 aromatic heterocycles. The van der Waals surface area contributed by atoms with Gasteiger partial charge in [-0.1, -0.05) is 42.8 Å². The van der Waals surface area contributed by atoms with E-state index in [-0.39, 0.29) is 35.3 Å². The highest BCUT2D eigenvalue weighted by Gasteiger charge is 2.30. The van der Waals surface area contributed by atoms with E-state index in [2.05, 4.69) is 4.98 Å². The Hall–Kier alpha value is -3.29. The Morgan fingerprint density at radius 2 is 1.57 bits per heavy atom. The van der Waals surface area contributed by atoms with Crippen LogP contribution in [0.25, 0.3) is 11.0 Å². The number of H-pyrrole nitrogens is 1. The lowest BCUT2D eigenvalue weighted by atomic mass is 9.85. The number of aromatic nitrogens is 2. The zero-order valence-corrected chi connectivity index (χ0v) is 19.4. The van der Waals surface area contributed by atoms with Crippen molar-refractivity contribution in [2.45, 2.75) is 50.1 Å². The van der Waals surface area contributed by atoms with Crippen molar-refractivity contribution in [1.82, 2.24) is 14.6 Å². The second kappa shape index (κ2) is 10.1. The molecule has 0 amide bonds.